The molecule has 0 radical (unpaired) electrons. The highest BCUT2D eigenvalue weighted by Crippen LogP contribution is 2.35. The Bertz CT molecular complexity index is 944. The number of hydrogen-bond acceptors (Lipinski definition) is 3. The van der Waals surface area contributed by atoms with E-state index in [1.807, 2.05) is 57.1 Å². The summed E-state index contributed by atoms with van der Waals surface area (Å²) in [6, 6.07) is 5.68. The summed E-state index contributed by atoms with van der Waals surface area (Å²) < 4.78 is 0.906. The van der Waals surface area contributed by atoms with E-state index < -0.39 is 0 Å². The van der Waals surface area contributed by atoms with Gasteiger partial charge in [0.15, 0.2) is 0 Å². The monoisotopic (exact) mass is 430 g/mol. The number of carbonyl (C=O) groups is 2. The van der Waals surface area contributed by atoms with Crippen molar-refractivity contribution in [2.45, 2.75) is 13.8 Å². The van der Waals surface area contributed by atoms with Crippen LogP contribution in [0.25, 0.3) is 11.6 Å². The van der Waals surface area contributed by atoms with E-state index >= 15 is 0 Å². The molecule has 0 saturated carbocycles. The molecule has 1 aliphatic heterocycles. The molecule has 142 valence electrons. The Morgan fingerprint density at radius 3 is 2.74 bits per heavy atom. The van der Waals surface area contributed by atoms with E-state index in [2.05, 4.69) is 31.5 Å². The highest BCUT2D eigenvalue weighted by Gasteiger charge is 2.25. The summed E-state index contributed by atoms with van der Waals surface area (Å²) in [5.41, 5.74) is 5.23. The van der Waals surface area contributed by atoms with E-state index in [0.717, 1.165) is 39.2 Å². The molecule has 0 saturated heterocycles. The predicted molar refractivity (Wildman–Crippen MR) is 112 cm³/mol. The molecule has 0 aliphatic carbocycles. The summed E-state index contributed by atoms with van der Waals surface area (Å²) in [5, 5.41) is 5.82. The largest absolute Gasteiger partial charge is 0.358 e. The zero-order chi connectivity index (χ0) is 19.7. The first-order valence-corrected chi connectivity index (χ1v) is 9.52. The maximum absolute atomic E-state index is 12.6. The number of benzene rings is 1. The van der Waals surface area contributed by atoms with Crippen LogP contribution in [-0.4, -0.2) is 48.9 Å². The molecular formula is C20H23BrN4O2. The molecule has 2 amide bonds. The van der Waals surface area contributed by atoms with E-state index in [1.54, 1.807) is 0 Å². The number of nitrogens with zero attached hydrogens (tertiary/aromatic N) is 1. The van der Waals surface area contributed by atoms with Gasteiger partial charge >= 0.3 is 0 Å². The smallest absolute Gasteiger partial charge is 0.256 e. The number of nitrogens with one attached hydrogen (secondary N) is 3. The van der Waals surface area contributed by atoms with Crippen LogP contribution >= 0.6 is 15.9 Å². The Hall–Kier alpha value is -2.38. The van der Waals surface area contributed by atoms with Gasteiger partial charge in [0, 0.05) is 40.2 Å². The Kier molecular flexibility index (Phi) is 5.53. The van der Waals surface area contributed by atoms with Crippen molar-refractivity contribution < 1.29 is 9.59 Å². The molecule has 0 fully saturated rings. The maximum Gasteiger partial charge on any atom is 0.256 e. The van der Waals surface area contributed by atoms with Crippen LogP contribution < -0.4 is 10.6 Å². The number of rotatable bonds is 5. The van der Waals surface area contributed by atoms with Gasteiger partial charge in [0.2, 0.25) is 0 Å². The lowest BCUT2D eigenvalue weighted by atomic mass is 10.0. The lowest BCUT2D eigenvalue weighted by molar-refractivity contribution is -0.110. The molecule has 1 aliphatic rings. The van der Waals surface area contributed by atoms with Crippen LogP contribution in [0.5, 0.6) is 0 Å². The summed E-state index contributed by atoms with van der Waals surface area (Å²) in [4.78, 5) is 30.2. The molecule has 0 unspecified atom stereocenters. The topological polar surface area (TPSA) is 77.2 Å². The number of halogens is 1. The van der Waals surface area contributed by atoms with Crippen LogP contribution in [0, 0.1) is 13.8 Å². The summed E-state index contributed by atoms with van der Waals surface area (Å²) >= 11 is 3.45. The standard InChI is InChI=1S/C20H23BrN4O2/c1-11-17(23-12(2)18(11)20(27)22-7-8-25(3)4)10-15-14-9-13(21)5-6-16(14)24-19(15)26/h5-6,9-10,23H,7-8H2,1-4H3,(H,22,27)(H,24,26). The van der Waals surface area contributed by atoms with Crippen molar-refractivity contribution in [1.29, 1.82) is 0 Å². The second kappa shape index (κ2) is 7.70. The zero-order valence-electron chi connectivity index (χ0n) is 15.9. The first kappa shape index (κ1) is 19.4. The van der Waals surface area contributed by atoms with Crippen LogP contribution in [0.15, 0.2) is 22.7 Å². The summed E-state index contributed by atoms with van der Waals surface area (Å²) in [5.74, 6) is -0.251. The summed E-state index contributed by atoms with van der Waals surface area (Å²) in [7, 11) is 3.93. The molecule has 0 bridgehead atoms. The second-order valence-corrected chi connectivity index (χ2v) is 7.84. The molecule has 7 heteroatoms. The fraction of sp³-hybridized carbons (Fsp3) is 0.300. The van der Waals surface area contributed by atoms with E-state index in [-0.39, 0.29) is 11.8 Å². The van der Waals surface area contributed by atoms with Crippen molar-refractivity contribution >= 4 is 45.1 Å². The third-order valence-corrected chi connectivity index (χ3v) is 5.09. The molecule has 2 aromatic rings. The predicted octanol–water partition coefficient (Wildman–Crippen LogP) is 3.18. The maximum atomic E-state index is 12.6. The van der Waals surface area contributed by atoms with Crippen LogP contribution in [-0.2, 0) is 4.79 Å². The van der Waals surface area contributed by atoms with Gasteiger partial charge in [-0.3, -0.25) is 9.59 Å². The molecular weight excluding hydrogens is 408 g/mol. The molecule has 6 nitrogen and oxygen atoms in total. The third-order valence-electron chi connectivity index (χ3n) is 4.60. The van der Waals surface area contributed by atoms with Crippen molar-refractivity contribution in [1.82, 2.24) is 15.2 Å². The van der Waals surface area contributed by atoms with E-state index in [4.69, 9.17) is 0 Å². The molecule has 1 aromatic carbocycles. The molecule has 0 spiro atoms. The van der Waals surface area contributed by atoms with Crippen molar-refractivity contribution in [3.05, 3.63) is 50.8 Å². The Balaban J connectivity index is 1.91. The number of anilines is 1. The minimum absolute atomic E-state index is 0.105. The lowest BCUT2D eigenvalue weighted by Gasteiger charge is -2.10. The van der Waals surface area contributed by atoms with Gasteiger partial charge in [-0.1, -0.05) is 15.9 Å². The number of aromatic amines is 1. The SMILES string of the molecule is Cc1[nH]c(C=C2C(=O)Nc3ccc(Br)cc32)c(C)c1C(=O)NCCN(C)C. The summed E-state index contributed by atoms with van der Waals surface area (Å²) in [6.07, 6.45) is 1.81. The van der Waals surface area contributed by atoms with Gasteiger partial charge in [-0.05, 0) is 57.8 Å². The third kappa shape index (κ3) is 3.99. The number of likely N-dealkylation sites (N-methyl/N-ethyl adjacent to an activating group) is 1. The Morgan fingerprint density at radius 2 is 2.04 bits per heavy atom. The highest BCUT2D eigenvalue weighted by atomic mass is 79.9. The Labute approximate surface area is 167 Å². The number of H-pyrrole nitrogens is 1. The van der Waals surface area contributed by atoms with Gasteiger partial charge in [0.25, 0.3) is 11.8 Å². The second-order valence-electron chi connectivity index (χ2n) is 6.92. The van der Waals surface area contributed by atoms with Gasteiger partial charge in [-0.25, -0.2) is 0 Å². The van der Waals surface area contributed by atoms with E-state index in [0.29, 0.717) is 17.7 Å². The molecule has 2 heterocycles. The first-order chi connectivity index (χ1) is 12.8. The summed E-state index contributed by atoms with van der Waals surface area (Å²) in [6.45, 7) is 5.12. The van der Waals surface area contributed by atoms with Crippen molar-refractivity contribution in [3.8, 4) is 0 Å². The van der Waals surface area contributed by atoms with Crippen molar-refractivity contribution in [3.63, 3.8) is 0 Å². The van der Waals surface area contributed by atoms with Gasteiger partial charge in [-0.2, -0.15) is 0 Å². The quantitative estimate of drug-likeness (QED) is 0.637. The minimum atomic E-state index is -0.147. The number of aryl methyl sites for hydroxylation is 1. The van der Waals surface area contributed by atoms with Crippen LogP contribution in [0.4, 0.5) is 5.69 Å². The highest BCUT2D eigenvalue weighted by molar-refractivity contribution is 9.10. The van der Waals surface area contributed by atoms with E-state index in [1.165, 1.54) is 0 Å². The molecule has 1 aromatic heterocycles. The molecule has 0 atom stereocenters. The number of amides is 2. The van der Waals surface area contributed by atoms with Crippen LogP contribution in [0.2, 0.25) is 0 Å². The zero-order valence-corrected chi connectivity index (χ0v) is 17.5. The molecule has 3 rings (SSSR count). The van der Waals surface area contributed by atoms with Gasteiger partial charge in [0.1, 0.15) is 0 Å². The van der Waals surface area contributed by atoms with Gasteiger partial charge < -0.3 is 20.5 Å². The minimum Gasteiger partial charge on any atom is -0.358 e. The van der Waals surface area contributed by atoms with Crippen LogP contribution in [0.3, 0.4) is 0 Å². The van der Waals surface area contributed by atoms with Crippen LogP contribution in [0.1, 0.15) is 32.9 Å². The average molecular weight is 431 g/mol. The molecule has 27 heavy (non-hydrogen) atoms. The van der Waals surface area contributed by atoms with Crippen molar-refractivity contribution in [2.24, 2.45) is 0 Å². The average Bonchev–Trinajstić information content (AvgIpc) is 3.04. The lowest BCUT2D eigenvalue weighted by Crippen LogP contribution is -2.31. The Morgan fingerprint density at radius 1 is 1.30 bits per heavy atom. The number of carbonyl (C=O) groups excluding carboxylic acids is 2. The fourth-order valence-corrected chi connectivity index (χ4v) is 3.55. The van der Waals surface area contributed by atoms with Gasteiger partial charge in [-0.15, -0.1) is 0 Å². The normalized spacial score (nSPS) is 14.6. The van der Waals surface area contributed by atoms with E-state index in [9.17, 15) is 9.59 Å². The number of hydrogen-bond donors (Lipinski definition) is 3. The first-order valence-electron chi connectivity index (χ1n) is 8.73. The van der Waals surface area contributed by atoms with Gasteiger partial charge in [0.05, 0.1) is 11.1 Å². The molecule has 3 N–H and O–H groups in total. The number of aromatic nitrogens is 1. The van der Waals surface area contributed by atoms with Crippen molar-refractivity contribution in [2.75, 3.05) is 32.5 Å². The number of fused-ring (bicyclic) bond motifs is 1. The fourth-order valence-electron chi connectivity index (χ4n) is 3.19.